The molecule has 0 aromatic heterocycles. The lowest BCUT2D eigenvalue weighted by Gasteiger charge is -2.63. The Balaban J connectivity index is 1.40. The molecule has 0 bridgehead atoms. The van der Waals surface area contributed by atoms with Gasteiger partial charge in [0, 0.05) is 11.5 Å². The molecule has 4 aliphatic carbocycles. The number of hydrogen-bond acceptors (Lipinski definition) is 6. The fraction of sp³-hybridized carbons (Fsp3) is 0.870. The highest BCUT2D eigenvalue weighted by molar-refractivity contribution is 5.85. The SMILES string of the molecule is CC12CCC(O[N+](=O)[O-])CC1CCC1C2CCC2(C)C(C3=CC(=O)OC3)CCC12O. The van der Waals surface area contributed by atoms with Gasteiger partial charge in [-0.15, -0.1) is 10.1 Å². The normalized spacial score (nSPS) is 50.0. The summed E-state index contributed by atoms with van der Waals surface area (Å²) in [5.41, 5.74) is 0.243. The largest absolute Gasteiger partial charge is 0.458 e. The Morgan fingerprint density at radius 1 is 1.13 bits per heavy atom. The Labute approximate surface area is 177 Å². The van der Waals surface area contributed by atoms with Crippen molar-refractivity contribution in [1.29, 1.82) is 0 Å². The molecular formula is C23H33NO6. The van der Waals surface area contributed by atoms with Gasteiger partial charge in [0.15, 0.2) is 0 Å². The van der Waals surface area contributed by atoms with Crippen LogP contribution in [0.4, 0.5) is 0 Å². The smallest absolute Gasteiger partial charge is 0.331 e. The van der Waals surface area contributed by atoms with Gasteiger partial charge in [-0.3, -0.25) is 0 Å². The van der Waals surface area contributed by atoms with Crippen LogP contribution < -0.4 is 0 Å². The number of hydrogen-bond donors (Lipinski definition) is 1. The Bertz CT molecular complexity index is 797. The van der Waals surface area contributed by atoms with Crippen molar-refractivity contribution in [2.45, 2.75) is 83.3 Å². The van der Waals surface area contributed by atoms with E-state index in [2.05, 4.69) is 13.8 Å². The first-order valence-corrected chi connectivity index (χ1v) is 11.6. The molecule has 0 aromatic carbocycles. The highest BCUT2D eigenvalue weighted by Crippen LogP contribution is 2.69. The molecule has 0 spiro atoms. The predicted octanol–water partition coefficient (Wildman–Crippen LogP) is 3.82. The lowest BCUT2D eigenvalue weighted by Crippen LogP contribution is -2.62. The number of fused-ring (bicyclic) bond motifs is 5. The van der Waals surface area contributed by atoms with Crippen molar-refractivity contribution in [3.8, 4) is 0 Å². The highest BCUT2D eigenvalue weighted by atomic mass is 17.0. The third kappa shape index (κ3) is 2.69. The fourth-order valence-electron chi connectivity index (χ4n) is 8.59. The molecule has 4 saturated carbocycles. The Kier molecular flexibility index (Phi) is 4.52. The lowest BCUT2D eigenvalue weighted by atomic mass is 9.43. The molecule has 1 N–H and O–H groups in total. The van der Waals surface area contributed by atoms with E-state index in [0.29, 0.717) is 18.4 Å². The van der Waals surface area contributed by atoms with E-state index in [4.69, 9.17) is 9.57 Å². The van der Waals surface area contributed by atoms with E-state index in [1.807, 2.05) is 0 Å². The second-order valence-corrected chi connectivity index (χ2v) is 11.0. The quantitative estimate of drug-likeness (QED) is 0.424. The van der Waals surface area contributed by atoms with E-state index < -0.39 is 10.7 Å². The van der Waals surface area contributed by atoms with Crippen LogP contribution in [0.1, 0.15) is 71.6 Å². The van der Waals surface area contributed by atoms with Gasteiger partial charge < -0.3 is 14.7 Å². The topological polar surface area (TPSA) is 98.9 Å². The van der Waals surface area contributed by atoms with Crippen molar-refractivity contribution in [2.75, 3.05) is 6.61 Å². The van der Waals surface area contributed by atoms with E-state index in [0.717, 1.165) is 63.4 Å². The first kappa shape index (κ1) is 20.3. The number of nitrogens with zero attached hydrogens (tertiary/aromatic N) is 1. The molecule has 8 unspecified atom stereocenters. The molecule has 1 aliphatic heterocycles. The van der Waals surface area contributed by atoms with Crippen LogP contribution in [0.3, 0.4) is 0 Å². The Hall–Kier alpha value is -1.63. The van der Waals surface area contributed by atoms with Gasteiger partial charge in [0.1, 0.15) is 12.7 Å². The summed E-state index contributed by atoms with van der Waals surface area (Å²) in [4.78, 5) is 27.4. The second-order valence-electron chi connectivity index (χ2n) is 11.0. The van der Waals surface area contributed by atoms with Gasteiger partial charge in [0.05, 0.1) is 5.60 Å². The molecule has 5 aliphatic rings. The van der Waals surface area contributed by atoms with Crippen molar-refractivity contribution >= 4 is 5.97 Å². The zero-order valence-electron chi connectivity index (χ0n) is 18.0. The molecule has 4 fully saturated rings. The van der Waals surface area contributed by atoms with Gasteiger partial charge in [0.2, 0.25) is 0 Å². The summed E-state index contributed by atoms with van der Waals surface area (Å²) in [6.07, 6.45) is 9.50. The summed E-state index contributed by atoms with van der Waals surface area (Å²) in [5.74, 6) is 1.09. The molecule has 0 saturated heterocycles. The molecule has 8 atom stereocenters. The fourth-order valence-corrected chi connectivity index (χ4v) is 8.59. The number of esters is 1. The van der Waals surface area contributed by atoms with Crippen molar-refractivity contribution < 1.29 is 24.6 Å². The van der Waals surface area contributed by atoms with Crippen molar-refractivity contribution in [3.05, 3.63) is 21.8 Å². The summed E-state index contributed by atoms with van der Waals surface area (Å²) in [6.45, 7) is 4.98. The number of rotatable bonds is 3. The van der Waals surface area contributed by atoms with Gasteiger partial charge in [-0.25, -0.2) is 4.79 Å². The van der Waals surface area contributed by atoms with Crippen LogP contribution in [0, 0.1) is 44.6 Å². The van der Waals surface area contributed by atoms with Gasteiger partial charge in [-0.1, -0.05) is 13.8 Å². The molecule has 30 heavy (non-hydrogen) atoms. The highest BCUT2D eigenvalue weighted by Gasteiger charge is 2.67. The zero-order valence-corrected chi connectivity index (χ0v) is 18.0. The molecule has 7 heteroatoms. The zero-order chi connectivity index (χ0) is 21.3. The standard InChI is InChI=1S/C23H33NO6/c1-21-8-5-16(30-24(27)28)12-15(21)3-4-19-18(21)6-9-22(2)17(7-10-23(19,22)26)14-11-20(25)29-13-14/h11,15-19,26H,3-10,12-13H2,1-2H3. The van der Waals surface area contributed by atoms with Crippen LogP contribution in [0.2, 0.25) is 0 Å². The number of carbonyl (C=O) groups excluding carboxylic acids is 1. The molecule has 7 nitrogen and oxygen atoms in total. The summed E-state index contributed by atoms with van der Waals surface area (Å²) in [6, 6.07) is 0. The predicted molar refractivity (Wildman–Crippen MR) is 108 cm³/mol. The molecule has 0 radical (unpaired) electrons. The van der Waals surface area contributed by atoms with Crippen LogP contribution in [0.15, 0.2) is 11.6 Å². The Morgan fingerprint density at radius 2 is 1.93 bits per heavy atom. The maximum Gasteiger partial charge on any atom is 0.331 e. The van der Waals surface area contributed by atoms with Gasteiger partial charge in [-0.05, 0) is 92.4 Å². The molecule has 0 aromatic rings. The number of ether oxygens (including phenoxy) is 1. The maximum absolute atomic E-state index is 12.2. The minimum absolute atomic E-state index is 0.111. The third-order valence-electron chi connectivity index (χ3n) is 10.2. The van der Waals surface area contributed by atoms with Crippen molar-refractivity contribution in [3.63, 3.8) is 0 Å². The maximum atomic E-state index is 12.2. The van der Waals surface area contributed by atoms with Crippen LogP contribution in [-0.2, 0) is 14.4 Å². The van der Waals surface area contributed by atoms with E-state index in [9.17, 15) is 20.0 Å². The number of cyclic esters (lactones) is 1. The molecule has 1 heterocycles. The summed E-state index contributed by atoms with van der Waals surface area (Å²) < 4.78 is 5.19. The first-order chi connectivity index (χ1) is 14.2. The average molecular weight is 420 g/mol. The van der Waals surface area contributed by atoms with Crippen LogP contribution in [0.25, 0.3) is 0 Å². The number of carbonyl (C=O) groups is 1. The van der Waals surface area contributed by atoms with Crippen LogP contribution in [0.5, 0.6) is 0 Å². The van der Waals surface area contributed by atoms with E-state index in [1.165, 1.54) is 0 Å². The molecular weight excluding hydrogens is 386 g/mol. The molecule has 0 amide bonds. The lowest BCUT2D eigenvalue weighted by molar-refractivity contribution is -0.770. The van der Waals surface area contributed by atoms with Gasteiger partial charge in [-0.2, -0.15) is 0 Å². The monoisotopic (exact) mass is 419 g/mol. The number of aliphatic hydroxyl groups is 1. The first-order valence-electron chi connectivity index (χ1n) is 11.6. The summed E-state index contributed by atoms with van der Waals surface area (Å²) in [5, 5.41) is 22.3. The van der Waals surface area contributed by atoms with Crippen molar-refractivity contribution in [2.24, 2.45) is 34.5 Å². The molecule has 166 valence electrons. The van der Waals surface area contributed by atoms with Gasteiger partial charge >= 0.3 is 5.97 Å². The van der Waals surface area contributed by atoms with E-state index in [-0.39, 0.29) is 34.7 Å². The molecule has 5 rings (SSSR count). The summed E-state index contributed by atoms with van der Waals surface area (Å²) >= 11 is 0. The third-order valence-corrected chi connectivity index (χ3v) is 10.2. The van der Waals surface area contributed by atoms with Gasteiger partial charge in [0.25, 0.3) is 5.09 Å². The summed E-state index contributed by atoms with van der Waals surface area (Å²) in [7, 11) is 0. The van der Waals surface area contributed by atoms with E-state index >= 15 is 0 Å². The van der Waals surface area contributed by atoms with E-state index in [1.54, 1.807) is 6.08 Å². The van der Waals surface area contributed by atoms with Crippen LogP contribution >= 0.6 is 0 Å². The minimum Gasteiger partial charge on any atom is -0.458 e. The van der Waals surface area contributed by atoms with Crippen LogP contribution in [-0.4, -0.2) is 34.5 Å². The Morgan fingerprint density at radius 3 is 2.63 bits per heavy atom. The second kappa shape index (κ2) is 6.68. The van der Waals surface area contributed by atoms with Crippen molar-refractivity contribution in [1.82, 2.24) is 0 Å². The average Bonchev–Trinajstić information content (AvgIpc) is 3.22. The minimum atomic E-state index is -0.713.